The van der Waals surface area contributed by atoms with E-state index >= 15 is 0 Å². The van der Waals surface area contributed by atoms with Gasteiger partial charge in [0, 0.05) is 33.2 Å². The molecule has 0 aliphatic rings. The molecule has 6 heteroatoms. The van der Waals surface area contributed by atoms with Crippen molar-refractivity contribution in [2.45, 2.75) is 0 Å². The number of nitrogens with zero attached hydrogens (tertiary/aromatic N) is 6. The van der Waals surface area contributed by atoms with Crippen molar-refractivity contribution in [2.24, 2.45) is 0 Å². The van der Waals surface area contributed by atoms with Crippen LogP contribution in [0.25, 0.3) is 101 Å². The second-order valence-corrected chi connectivity index (χ2v) is 14.4. The molecule has 10 rings (SSSR count). The van der Waals surface area contributed by atoms with Crippen molar-refractivity contribution in [2.75, 3.05) is 0 Å². The van der Waals surface area contributed by atoms with E-state index in [1.807, 2.05) is 140 Å². The van der Waals surface area contributed by atoms with Gasteiger partial charge in [0.05, 0.1) is 22.8 Å². The molecule has 2 aromatic heterocycles. The second kappa shape index (κ2) is 15.9. The van der Waals surface area contributed by atoms with E-state index in [9.17, 15) is 5.26 Å². The zero-order valence-corrected chi connectivity index (χ0v) is 32.3. The molecule has 0 fully saturated rings. The van der Waals surface area contributed by atoms with Gasteiger partial charge in [-0.3, -0.25) is 0 Å². The Hall–Kier alpha value is -8.40. The minimum absolute atomic E-state index is 0.549. The average molecular weight is 767 g/mol. The van der Waals surface area contributed by atoms with Gasteiger partial charge >= 0.3 is 0 Å². The van der Waals surface area contributed by atoms with E-state index in [2.05, 4.69) is 72.8 Å². The molecule has 10 aromatic rings. The minimum Gasteiger partial charge on any atom is -0.228 e. The Morgan fingerprint density at radius 2 is 0.767 bits per heavy atom. The van der Waals surface area contributed by atoms with Crippen LogP contribution in [0.4, 0.5) is 0 Å². The molecule has 0 unspecified atom stereocenters. The Kier molecular flexibility index (Phi) is 9.51. The van der Waals surface area contributed by atoms with Crippen LogP contribution in [0.5, 0.6) is 0 Å². The molecule has 280 valence electrons. The summed E-state index contributed by atoms with van der Waals surface area (Å²) in [5.41, 5.74) is 13.1. The summed E-state index contributed by atoms with van der Waals surface area (Å²) in [5.74, 6) is 2.40. The van der Waals surface area contributed by atoms with E-state index in [0.717, 1.165) is 77.8 Å². The summed E-state index contributed by atoms with van der Waals surface area (Å²) in [5, 5.41) is 10.7. The van der Waals surface area contributed by atoms with E-state index in [-0.39, 0.29) is 0 Å². The highest BCUT2D eigenvalue weighted by Gasteiger charge is 2.19. The highest BCUT2D eigenvalue weighted by molar-refractivity contribution is 5.94. The molecule has 0 N–H and O–H groups in total. The number of hydrogen-bond donors (Lipinski definition) is 0. The molecule has 0 aliphatic carbocycles. The first-order valence-corrected chi connectivity index (χ1v) is 19.7. The Balaban J connectivity index is 1.04. The van der Waals surface area contributed by atoms with Crippen LogP contribution in [-0.2, 0) is 0 Å². The van der Waals surface area contributed by atoms with Crippen LogP contribution in [0.15, 0.2) is 206 Å². The lowest BCUT2D eigenvalue weighted by molar-refractivity contribution is 1.07. The third kappa shape index (κ3) is 7.08. The van der Waals surface area contributed by atoms with Gasteiger partial charge in [0.1, 0.15) is 0 Å². The van der Waals surface area contributed by atoms with Gasteiger partial charge in [-0.05, 0) is 57.6 Å². The predicted molar refractivity (Wildman–Crippen MR) is 241 cm³/mol. The van der Waals surface area contributed by atoms with Gasteiger partial charge in [0.25, 0.3) is 0 Å². The second-order valence-electron chi connectivity index (χ2n) is 14.4. The number of aromatic nitrogens is 5. The molecule has 6 nitrogen and oxygen atoms in total. The third-order valence-corrected chi connectivity index (χ3v) is 10.6. The smallest absolute Gasteiger partial charge is 0.164 e. The summed E-state index contributed by atoms with van der Waals surface area (Å²) in [6.45, 7) is 0. The first-order chi connectivity index (χ1) is 29.7. The molecule has 0 spiro atoms. The number of fused-ring (bicyclic) bond motifs is 1. The lowest BCUT2D eigenvalue weighted by atomic mass is 9.94. The van der Waals surface area contributed by atoms with Crippen molar-refractivity contribution in [1.29, 1.82) is 5.26 Å². The molecule has 0 atom stereocenters. The first-order valence-electron chi connectivity index (χ1n) is 19.7. The van der Waals surface area contributed by atoms with Crippen molar-refractivity contribution in [1.82, 2.24) is 24.9 Å². The van der Waals surface area contributed by atoms with Gasteiger partial charge in [-0.15, -0.1) is 0 Å². The number of rotatable bonds is 8. The lowest BCUT2D eigenvalue weighted by Crippen LogP contribution is -2.02. The SMILES string of the molecule is N#Cc1cccc(-c2ccccc2-c2nc(-c3ccccc3)nc(-c3ccccc3-c3cccc(-c4ccc(-c5nc(-c6ccccc6)nc6ccccc56)cc4)c3)n2)c1. The summed E-state index contributed by atoms with van der Waals surface area (Å²) in [6, 6.07) is 71.7. The van der Waals surface area contributed by atoms with Gasteiger partial charge in [0.2, 0.25) is 0 Å². The van der Waals surface area contributed by atoms with Gasteiger partial charge in [-0.25, -0.2) is 24.9 Å². The van der Waals surface area contributed by atoms with Gasteiger partial charge in [-0.1, -0.05) is 182 Å². The van der Waals surface area contributed by atoms with Crippen LogP contribution in [0.2, 0.25) is 0 Å². The van der Waals surface area contributed by atoms with E-state index in [4.69, 9.17) is 24.9 Å². The van der Waals surface area contributed by atoms with E-state index in [1.165, 1.54) is 0 Å². The maximum Gasteiger partial charge on any atom is 0.164 e. The third-order valence-electron chi connectivity index (χ3n) is 10.6. The lowest BCUT2D eigenvalue weighted by Gasteiger charge is -2.14. The van der Waals surface area contributed by atoms with Gasteiger partial charge in [0.15, 0.2) is 23.3 Å². The fraction of sp³-hybridized carbons (Fsp3) is 0. The quantitative estimate of drug-likeness (QED) is 0.153. The molecule has 0 bridgehead atoms. The standard InChI is InChI=1S/C54H34N6/c55-35-36-15-13-21-42(33-36)44-23-7-9-25-46(44)53-58-52(40-18-5-2-6-19-40)59-54(60-53)47-26-10-8-24-45(47)43-22-14-20-41(34-43)37-29-31-38(32-30-37)50-48-27-11-12-28-49(48)56-51(57-50)39-16-3-1-4-17-39/h1-34H. The monoisotopic (exact) mass is 766 g/mol. The summed E-state index contributed by atoms with van der Waals surface area (Å²) < 4.78 is 0. The molecule has 0 saturated carbocycles. The van der Waals surface area contributed by atoms with Crippen LogP contribution < -0.4 is 0 Å². The topological polar surface area (TPSA) is 88.2 Å². The van der Waals surface area contributed by atoms with Crippen molar-refractivity contribution in [3.05, 3.63) is 212 Å². The Bertz CT molecular complexity index is 3210. The Morgan fingerprint density at radius 1 is 0.300 bits per heavy atom. The molecule has 0 saturated heterocycles. The Morgan fingerprint density at radius 3 is 1.40 bits per heavy atom. The zero-order chi connectivity index (χ0) is 40.3. The first kappa shape index (κ1) is 36.0. The number of para-hydroxylation sites is 1. The molecular weight excluding hydrogens is 733 g/mol. The number of benzene rings is 8. The Labute approximate surface area is 347 Å². The van der Waals surface area contributed by atoms with Gasteiger partial charge < -0.3 is 0 Å². The largest absolute Gasteiger partial charge is 0.228 e. The molecule has 8 aromatic carbocycles. The zero-order valence-electron chi connectivity index (χ0n) is 32.3. The van der Waals surface area contributed by atoms with Crippen LogP contribution in [0.3, 0.4) is 0 Å². The van der Waals surface area contributed by atoms with Crippen LogP contribution in [-0.4, -0.2) is 24.9 Å². The molecule has 60 heavy (non-hydrogen) atoms. The molecule has 0 radical (unpaired) electrons. The van der Waals surface area contributed by atoms with Crippen molar-refractivity contribution < 1.29 is 0 Å². The van der Waals surface area contributed by atoms with Crippen LogP contribution >= 0.6 is 0 Å². The average Bonchev–Trinajstić information content (AvgIpc) is 3.34. The minimum atomic E-state index is 0.549. The highest BCUT2D eigenvalue weighted by atomic mass is 15.0. The van der Waals surface area contributed by atoms with Crippen molar-refractivity contribution >= 4 is 10.9 Å². The maximum atomic E-state index is 9.66. The van der Waals surface area contributed by atoms with Crippen molar-refractivity contribution in [3.8, 4) is 96.3 Å². The summed E-state index contributed by atoms with van der Waals surface area (Å²) in [6.07, 6.45) is 0. The molecular formula is C54H34N6. The number of nitriles is 1. The van der Waals surface area contributed by atoms with E-state index < -0.39 is 0 Å². The van der Waals surface area contributed by atoms with Crippen LogP contribution in [0, 0.1) is 11.3 Å². The van der Waals surface area contributed by atoms with E-state index in [0.29, 0.717) is 28.9 Å². The molecule has 2 heterocycles. The molecule has 0 aliphatic heterocycles. The molecule has 0 amide bonds. The van der Waals surface area contributed by atoms with E-state index in [1.54, 1.807) is 0 Å². The highest BCUT2D eigenvalue weighted by Crippen LogP contribution is 2.37. The van der Waals surface area contributed by atoms with Crippen molar-refractivity contribution in [3.63, 3.8) is 0 Å². The van der Waals surface area contributed by atoms with Crippen LogP contribution in [0.1, 0.15) is 5.56 Å². The number of hydrogen-bond acceptors (Lipinski definition) is 6. The fourth-order valence-electron chi connectivity index (χ4n) is 7.65. The summed E-state index contributed by atoms with van der Waals surface area (Å²) >= 11 is 0. The summed E-state index contributed by atoms with van der Waals surface area (Å²) in [4.78, 5) is 25.3. The van der Waals surface area contributed by atoms with Gasteiger partial charge in [-0.2, -0.15) is 5.26 Å². The fourth-order valence-corrected chi connectivity index (χ4v) is 7.65. The normalized spacial score (nSPS) is 11.0. The predicted octanol–water partition coefficient (Wildman–Crippen LogP) is 13.0. The maximum absolute atomic E-state index is 9.66. The summed E-state index contributed by atoms with van der Waals surface area (Å²) in [7, 11) is 0.